The molecule has 4 nitrogen and oxygen atoms in total. The number of hydrogen-bond acceptors (Lipinski definition) is 3. The van der Waals surface area contributed by atoms with Crippen molar-refractivity contribution in [3.8, 4) is 0 Å². The zero-order valence-corrected chi connectivity index (χ0v) is 12.3. The fraction of sp³-hybridized carbons (Fsp3) is 0.500. The first-order chi connectivity index (χ1) is 8.84. The molecule has 0 radical (unpaired) electrons. The maximum atomic E-state index is 12.5. The second-order valence-electron chi connectivity index (χ2n) is 5.18. The van der Waals surface area contributed by atoms with Gasteiger partial charge in [-0.05, 0) is 44.7 Å². The summed E-state index contributed by atoms with van der Waals surface area (Å²) in [7, 11) is -1.91. The SMILES string of the molecule is CC(=O)c1cccc(S(=O)(=O)N(C)[C@@H](C)C2CC2)c1. The molecule has 19 heavy (non-hydrogen) atoms. The summed E-state index contributed by atoms with van der Waals surface area (Å²) in [5.41, 5.74) is 0.425. The van der Waals surface area contributed by atoms with Gasteiger partial charge in [0.25, 0.3) is 0 Å². The lowest BCUT2D eigenvalue weighted by atomic mass is 10.2. The molecule has 104 valence electrons. The van der Waals surface area contributed by atoms with Gasteiger partial charge in [-0.1, -0.05) is 12.1 Å². The highest BCUT2D eigenvalue weighted by atomic mass is 32.2. The molecule has 1 atom stereocenters. The second-order valence-corrected chi connectivity index (χ2v) is 7.18. The molecule has 1 aromatic rings. The van der Waals surface area contributed by atoms with Crippen molar-refractivity contribution in [2.45, 2.75) is 37.6 Å². The molecule has 1 aliphatic carbocycles. The van der Waals surface area contributed by atoms with Gasteiger partial charge in [0, 0.05) is 18.7 Å². The Morgan fingerprint density at radius 2 is 2.00 bits per heavy atom. The van der Waals surface area contributed by atoms with Crippen LogP contribution in [0.3, 0.4) is 0 Å². The monoisotopic (exact) mass is 281 g/mol. The Morgan fingerprint density at radius 3 is 2.53 bits per heavy atom. The summed E-state index contributed by atoms with van der Waals surface area (Å²) in [5, 5.41) is 0. The number of benzene rings is 1. The highest BCUT2D eigenvalue weighted by molar-refractivity contribution is 7.89. The van der Waals surface area contributed by atoms with Gasteiger partial charge in [0.05, 0.1) is 4.90 Å². The lowest BCUT2D eigenvalue weighted by molar-refractivity contribution is 0.101. The van der Waals surface area contributed by atoms with Crippen molar-refractivity contribution in [3.63, 3.8) is 0 Å². The third-order valence-corrected chi connectivity index (χ3v) is 5.74. The molecule has 2 rings (SSSR count). The molecule has 0 amide bonds. The number of carbonyl (C=O) groups excluding carboxylic acids is 1. The third-order valence-electron chi connectivity index (χ3n) is 3.80. The average molecular weight is 281 g/mol. The Bertz CT molecular complexity index is 590. The van der Waals surface area contributed by atoms with Crippen molar-refractivity contribution in [1.29, 1.82) is 0 Å². The molecular formula is C14H19NO3S. The van der Waals surface area contributed by atoms with Crippen LogP contribution in [0.4, 0.5) is 0 Å². The first-order valence-corrected chi connectivity index (χ1v) is 7.87. The summed E-state index contributed by atoms with van der Waals surface area (Å²) < 4.78 is 26.4. The van der Waals surface area contributed by atoms with E-state index < -0.39 is 10.0 Å². The molecule has 0 saturated heterocycles. The van der Waals surface area contributed by atoms with Crippen molar-refractivity contribution in [2.75, 3.05) is 7.05 Å². The molecule has 0 bridgehead atoms. The molecule has 5 heteroatoms. The number of sulfonamides is 1. The van der Waals surface area contributed by atoms with Gasteiger partial charge in [-0.25, -0.2) is 8.42 Å². The van der Waals surface area contributed by atoms with Crippen molar-refractivity contribution in [1.82, 2.24) is 4.31 Å². The summed E-state index contributed by atoms with van der Waals surface area (Å²) in [6.45, 7) is 3.37. The number of carbonyl (C=O) groups is 1. The lowest BCUT2D eigenvalue weighted by Crippen LogP contribution is -2.36. The largest absolute Gasteiger partial charge is 0.295 e. The van der Waals surface area contributed by atoms with Gasteiger partial charge in [-0.15, -0.1) is 0 Å². The minimum atomic E-state index is -3.52. The Balaban J connectivity index is 2.33. The fourth-order valence-corrected chi connectivity index (χ4v) is 3.61. The first-order valence-electron chi connectivity index (χ1n) is 6.43. The van der Waals surface area contributed by atoms with E-state index in [2.05, 4.69) is 0 Å². The van der Waals surface area contributed by atoms with Crippen molar-refractivity contribution in [2.24, 2.45) is 5.92 Å². The zero-order chi connectivity index (χ0) is 14.2. The average Bonchev–Trinajstić information content (AvgIpc) is 3.21. The second kappa shape index (κ2) is 5.06. The predicted molar refractivity (Wildman–Crippen MR) is 73.6 cm³/mol. The minimum absolute atomic E-state index is 0.00554. The Morgan fingerprint density at radius 1 is 1.37 bits per heavy atom. The van der Waals surface area contributed by atoms with Crippen LogP contribution in [-0.2, 0) is 10.0 Å². The van der Waals surface area contributed by atoms with Crippen LogP contribution in [0.5, 0.6) is 0 Å². The van der Waals surface area contributed by atoms with E-state index >= 15 is 0 Å². The summed E-state index contributed by atoms with van der Waals surface area (Å²) in [5.74, 6) is 0.339. The zero-order valence-electron chi connectivity index (χ0n) is 11.5. The highest BCUT2D eigenvalue weighted by Crippen LogP contribution is 2.36. The van der Waals surface area contributed by atoms with E-state index in [1.54, 1.807) is 19.2 Å². The molecule has 0 unspecified atom stereocenters. The van der Waals surface area contributed by atoms with Gasteiger partial charge >= 0.3 is 0 Å². The van der Waals surface area contributed by atoms with Crippen molar-refractivity contribution >= 4 is 15.8 Å². The lowest BCUT2D eigenvalue weighted by Gasteiger charge is -2.24. The highest BCUT2D eigenvalue weighted by Gasteiger charge is 2.36. The van der Waals surface area contributed by atoms with E-state index in [4.69, 9.17) is 0 Å². The summed E-state index contributed by atoms with van der Waals surface area (Å²) >= 11 is 0. The summed E-state index contributed by atoms with van der Waals surface area (Å²) in [6.07, 6.45) is 2.18. The quantitative estimate of drug-likeness (QED) is 0.778. The third kappa shape index (κ3) is 2.87. The van der Waals surface area contributed by atoms with E-state index in [1.165, 1.54) is 23.4 Å². The smallest absolute Gasteiger partial charge is 0.243 e. The Labute approximate surface area is 114 Å². The molecule has 0 aliphatic heterocycles. The van der Waals surface area contributed by atoms with Crippen LogP contribution in [0.25, 0.3) is 0 Å². The van der Waals surface area contributed by atoms with Gasteiger partial charge in [-0.2, -0.15) is 4.31 Å². The minimum Gasteiger partial charge on any atom is -0.295 e. The molecule has 0 N–H and O–H groups in total. The number of Topliss-reactive ketones (excluding diaryl/α,β-unsaturated/α-hetero) is 1. The molecular weight excluding hydrogens is 262 g/mol. The number of hydrogen-bond donors (Lipinski definition) is 0. The molecule has 1 aliphatic rings. The van der Waals surface area contributed by atoms with Crippen molar-refractivity contribution in [3.05, 3.63) is 29.8 Å². The van der Waals surface area contributed by atoms with E-state index in [1.807, 2.05) is 6.92 Å². The van der Waals surface area contributed by atoms with Crippen LogP contribution in [0.2, 0.25) is 0 Å². The van der Waals surface area contributed by atoms with E-state index in [9.17, 15) is 13.2 Å². The van der Waals surface area contributed by atoms with Crippen LogP contribution in [0.15, 0.2) is 29.2 Å². The maximum Gasteiger partial charge on any atom is 0.243 e. The van der Waals surface area contributed by atoms with Crippen molar-refractivity contribution < 1.29 is 13.2 Å². The van der Waals surface area contributed by atoms with Crippen LogP contribution in [0, 0.1) is 5.92 Å². The Kier molecular flexibility index (Phi) is 3.78. The Hall–Kier alpha value is -1.20. The van der Waals surface area contributed by atoms with E-state index in [0.717, 1.165) is 12.8 Å². The predicted octanol–water partition coefficient (Wildman–Crippen LogP) is 2.31. The number of nitrogens with zero attached hydrogens (tertiary/aromatic N) is 1. The van der Waals surface area contributed by atoms with Gasteiger partial charge in [-0.3, -0.25) is 4.79 Å². The fourth-order valence-electron chi connectivity index (χ4n) is 2.14. The molecule has 0 spiro atoms. The van der Waals surface area contributed by atoms with Crippen LogP contribution >= 0.6 is 0 Å². The first kappa shape index (κ1) is 14.2. The normalized spacial score (nSPS) is 17.5. The van der Waals surface area contributed by atoms with Gasteiger partial charge in [0.1, 0.15) is 0 Å². The molecule has 0 aromatic heterocycles. The number of ketones is 1. The van der Waals surface area contributed by atoms with Crippen LogP contribution in [-0.4, -0.2) is 31.6 Å². The summed E-state index contributed by atoms with van der Waals surface area (Å²) in [6, 6.07) is 6.24. The summed E-state index contributed by atoms with van der Waals surface area (Å²) in [4.78, 5) is 11.5. The molecule has 0 heterocycles. The molecule has 1 saturated carbocycles. The number of rotatable bonds is 5. The van der Waals surface area contributed by atoms with Crippen LogP contribution in [0.1, 0.15) is 37.0 Å². The van der Waals surface area contributed by atoms with E-state index in [-0.39, 0.29) is 16.7 Å². The van der Waals surface area contributed by atoms with E-state index in [0.29, 0.717) is 11.5 Å². The molecule has 1 fully saturated rings. The van der Waals surface area contributed by atoms with Crippen LogP contribution < -0.4 is 0 Å². The topological polar surface area (TPSA) is 54.5 Å². The van der Waals surface area contributed by atoms with Gasteiger partial charge in [0.15, 0.2) is 5.78 Å². The van der Waals surface area contributed by atoms with Gasteiger partial charge in [0.2, 0.25) is 10.0 Å². The standard InChI is InChI=1S/C14H19NO3S/c1-10(12-7-8-12)15(3)19(17,18)14-6-4-5-13(9-14)11(2)16/h4-6,9-10,12H,7-8H2,1-3H3/t10-/m0/s1. The maximum absolute atomic E-state index is 12.5. The molecule has 1 aromatic carbocycles. The van der Waals surface area contributed by atoms with Gasteiger partial charge < -0.3 is 0 Å².